The van der Waals surface area contributed by atoms with Crippen molar-refractivity contribution in [3.8, 4) is 0 Å². The highest BCUT2D eigenvalue weighted by Crippen LogP contribution is 2.55. The van der Waals surface area contributed by atoms with Gasteiger partial charge >= 0.3 is 12.1 Å². The zero-order chi connectivity index (χ0) is 16.0. The number of carbonyl (C=O) groups is 1. The van der Waals surface area contributed by atoms with E-state index in [4.69, 9.17) is 5.11 Å². The highest BCUT2D eigenvalue weighted by atomic mass is 19.4. The van der Waals surface area contributed by atoms with Crippen molar-refractivity contribution in [3.05, 3.63) is 35.4 Å². The zero-order valence-corrected chi connectivity index (χ0v) is 11.0. The molecule has 2 rings (SSSR count). The number of carboxylic acid groups (broad SMARTS) is 1. The molecule has 21 heavy (non-hydrogen) atoms. The number of hydrogen-bond acceptors (Lipinski definition) is 1. The Bertz CT molecular complexity index is 535. The van der Waals surface area contributed by atoms with Crippen molar-refractivity contribution in [2.24, 2.45) is 5.92 Å². The summed E-state index contributed by atoms with van der Waals surface area (Å²) < 4.78 is 63.9. The molecular formula is C14H13F5O2. The highest BCUT2D eigenvalue weighted by Gasteiger charge is 2.57. The second-order valence-corrected chi connectivity index (χ2v) is 5.33. The molecule has 2 nitrogen and oxygen atoms in total. The standard InChI is InChI=1S/C14H13F5O2/c1-7(14(17,18)19)11(12(20)21)9-4-2-8(3-5-9)10-6-13(10,15)16/h2-5,7,10-11H,6H2,1H3,(H,20,21)/t7-,10?,11+/m1/s1. The fourth-order valence-electron chi connectivity index (χ4n) is 2.34. The van der Waals surface area contributed by atoms with E-state index in [-0.39, 0.29) is 12.0 Å². The zero-order valence-electron chi connectivity index (χ0n) is 11.0. The van der Waals surface area contributed by atoms with Crippen molar-refractivity contribution < 1.29 is 31.9 Å². The molecule has 1 N–H and O–H groups in total. The van der Waals surface area contributed by atoms with E-state index in [1.807, 2.05) is 0 Å². The molecule has 1 aliphatic rings. The van der Waals surface area contributed by atoms with Gasteiger partial charge in [-0.05, 0) is 11.1 Å². The normalized spacial score (nSPS) is 23.4. The summed E-state index contributed by atoms with van der Waals surface area (Å²) in [5, 5.41) is 9.01. The Balaban J connectivity index is 2.24. The first-order valence-electron chi connectivity index (χ1n) is 6.31. The fourth-order valence-corrected chi connectivity index (χ4v) is 2.34. The van der Waals surface area contributed by atoms with Gasteiger partial charge in [-0.25, -0.2) is 8.78 Å². The van der Waals surface area contributed by atoms with Crippen LogP contribution in [0.3, 0.4) is 0 Å². The van der Waals surface area contributed by atoms with Crippen LogP contribution in [-0.4, -0.2) is 23.2 Å². The first kappa shape index (κ1) is 15.7. The van der Waals surface area contributed by atoms with Gasteiger partial charge in [0.05, 0.1) is 17.8 Å². The number of halogens is 5. The van der Waals surface area contributed by atoms with E-state index in [1.54, 1.807) is 0 Å². The predicted molar refractivity (Wildman–Crippen MR) is 64.3 cm³/mol. The molecule has 1 unspecified atom stereocenters. The average Bonchev–Trinajstić information content (AvgIpc) is 2.98. The summed E-state index contributed by atoms with van der Waals surface area (Å²) in [5.74, 6) is -9.10. The topological polar surface area (TPSA) is 37.3 Å². The van der Waals surface area contributed by atoms with Crippen molar-refractivity contribution in [1.82, 2.24) is 0 Å². The summed E-state index contributed by atoms with van der Waals surface area (Å²) in [6, 6.07) is 4.93. The minimum atomic E-state index is -4.65. The lowest BCUT2D eigenvalue weighted by Gasteiger charge is -2.23. The van der Waals surface area contributed by atoms with Crippen LogP contribution in [0.1, 0.15) is 36.3 Å². The largest absolute Gasteiger partial charge is 0.481 e. The van der Waals surface area contributed by atoms with Gasteiger partial charge in [0.2, 0.25) is 0 Å². The van der Waals surface area contributed by atoms with Crippen molar-refractivity contribution >= 4 is 5.97 Å². The molecule has 0 radical (unpaired) electrons. The van der Waals surface area contributed by atoms with Gasteiger partial charge < -0.3 is 5.11 Å². The SMILES string of the molecule is C[C@H]([C@H](C(=O)O)c1ccc(C2CC2(F)F)cc1)C(F)(F)F. The minimum Gasteiger partial charge on any atom is -0.481 e. The molecular weight excluding hydrogens is 295 g/mol. The van der Waals surface area contributed by atoms with Crippen LogP contribution in [0.15, 0.2) is 24.3 Å². The van der Waals surface area contributed by atoms with Gasteiger partial charge in [0.1, 0.15) is 0 Å². The Morgan fingerprint density at radius 1 is 1.29 bits per heavy atom. The third-order valence-electron chi connectivity index (χ3n) is 3.81. The van der Waals surface area contributed by atoms with Gasteiger partial charge in [0.25, 0.3) is 5.92 Å². The van der Waals surface area contributed by atoms with Crippen LogP contribution in [0.25, 0.3) is 0 Å². The Morgan fingerprint density at radius 3 is 2.10 bits per heavy atom. The molecule has 0 aromatic heterocycles. The van der Waals surface area contributed by atoms with Gasteiger partial charge in [0, 0.05) is 6.42 Å². The Labute approximate surface area is 117 Å². The summed E-state index contributed by atoms with van der Waals surface area (Å²) in [4.78, 5) is 11.1. The maximum atomic E-state index is 12.9. The lowest BCUT2D eigenvalue weighted by atomic mass is 9.86. The number of alkyl halides is 5. The van der Waals surface area contributed by atoms with Crippen LogP contribution in [0.5, 0.6) is 0 Å². The summed E-state index contributed by atoms with van der Waals surface area (Å²) in [5.41, 5.74) is 0.271. The first-order valence-corrected chi connectivity index (χ1v) is 6.31. The summed E-state index contributed by atoms with van der Waals surface area (Å²) in [7, 11) is 0. The van der Waals surface area contributed by atoms with Crippen LogP contribution in [0.2, 0.25) is 0 Å². The molecule has 116 valence electrons. The number of rotatable bonds is 4. The molecule has 0 aliphatic heterocycles. The average molecular weight is 308 g/mol. The van der Waals surface area contributed by atoms with Crippen molar-refractivity contribution in [2.45, 2.75) is 37.3 Å². The predicted octanol–water partition coefficient (Wildman–Crippen LogP) is 4.18. The lowest BCUT2D eigenvalue weighted by Crippen LogP contribution is -2.31. The van der Waals surface area contributed by atoms with Crippen LogP contribution < -0.4 is 0 Å². The molecule has 0 heterocycles. The molecule has 1 aromatic rings. The van der Waals surface area contributed by atoms with Crippen LogP contribution in [-0.2, 0) is 4.79 Å². The lowest BCUT2D eigenvalue weighted by molar-refractivity contribution is -0.183. The maximum Gasteiger partial charge on any atom is 0.392 e. The van der Waals surface area contributed by atoms with Gasteiger partial charge in [-0.15, -0.1) is 0 Å². The Morgan fingerprint density at radius 2 is 1.76 bits per heavy atom. The van der Waals surface area contributed by atoms with E-state index in [2.05, 4.69) is 0 Å². The number of aliphatic carboxylic acids is 1. The Hall–Kier alpha value is -1.66. The van der Waals surface area contributed by atoms with E-state index < -0.39 is 35.8 Å². The maximum absolute atomic E-state index is 12.9. The summed E-state index contributed by atoms with van der Waals surface area (Å²) >= 11 is 0. The van der Waals surface area contributed by atoms with E-state index in [1.165, 1.54) is 24.3 Å². The molecule has 3 atom stereocenters. The number of hydrogen-bond donors (Lipinski definition) is 1. The minimum absolute atomic E-state index is 0.0416. The van der Waals surface area contributed by atoms with E-state index >= 15 is 0 Å². The molecule has 7 heteroatoms. The molecule has 1 saturated carbocycles. The fraction of sp³-hybridized carbons (Fsp3) is 0.500. The van der Waals surface area contributed by atoms with Gasteiger partial charge in [-0.3, -0.25) is 4.79 Å². The third kappa shape index (κ3) is 3.16. The molecule has 1 aliphatic carbocycles. The molecule has 0 saturated heterocycles. The molecule has 0 amide bonds. The molecule has 0 bridgehead atoms. The molecule has 0 spiro atoms. The second kappa shape index (κ2) is 4.96. The summed E-state index contributed by atoms with van der Waals surface area (Å²) in [6.07, 6.45) is -4.93. The first-order chi connectivity index (χ1) is 9.54. The van der Waals surface area contributed by atoms with E-state index in [0.29, 0.717) is 5.56 Å². The third-order valence-corrected chi connectivity index (χ3v) is 3.81. The monoisotopic (exact) mass is 308 g/mol. The smallest absolute Gasteiger partial charge is 0.392 e. The van der Waals surface area contributed by atoms with Gasteiger partial charge in [-0.2, -0.15) is 13.2 Å². The van der Waals surface area contributed by atoms with Gasteiger partial charge in [-0.1, -0.05) is 31.2 Å². The summed E-state index contributed by atoms with van der Waals surface area (Å²) in [6.45, 7) is 0.793. The Kier molecular flexibility index (Phi) is 3.71. The highest BCUT2D eigenvalue weighted by molar-refractivity contribution is 5.76. The van der Waals surface area contributed by atoms with Crippen molar-refractivity contribution in [1.29, 1.82) is 0 Å². The van der Waals surface area contributed by atoms with Crippen molar-refractivity contribution in [3.63, 3.8) is 0 Å². The molecule has 1 aromatic carbocycles. The van der Waals surface area contributed by atoms with Crippen LogP contribution >= 0.6 is 0 Å². The van der Waals surface area contributed by atoms with Gasteiger partial charge in [0.15, 0.2) is 0 Å². The molecule has 1 fully saturated rings. The number of benzene rings is 1. The quantitative estimate of drug-likeness (QED) is 0.847. The van der Waals surface area contributed by atoms with Crippen LogP contribution in [0.4, 0.5) is 22.0 Å². The number of carboxylic acids is 1. The van der Waals surface area contributed by atoms with Crippen molar-refractivity contribution in [2.75, 3.05) is 0 Å². The van der Waals surface area contributed by atoms with E-state index in [0.717, 1.165) is 6.92 Å². The second-order valence-electron chi connectivity index (χ2n) is 5.33. The van der Waals surface area contributed by atoms with E-state index in [9.17, 15) is 26.7 Å². The van der Waals surface area contributed by atoms with Crippen LogP contribution in [0, 0.1) is 5.92 Å².